The molecule has 0 aliphatic rings. The molecule has 1 unspecified atom stereocenters. The number of nitrogens with one attached hydrogen (secondary N) is 1. The largest absolute Gasteiger partial charge is 0.466 e. The highest BCUT2D eigenvalue weighted by atomic mass is 19.1. The van der Waals surface area contributed by atoms with Crippen LogP contribution in [0.2, 0.25) is 0 Å². The number of hydrogen-bond donors (Lipinski definition) is 1. The first-order valence-electron chi connectivity index (χ1n) is 5.73. The van der Waals surface area contributed by atoms with Crippen LogP contribution in [0.3, 0.4) is 0 Å². The average Bonchev–Trinajstić information content (AvgIpc) is 2.28. The maximum atomic E-state index is 13.7. The second-order valence-electron chi connectivity index (χ2n) is 4.16. The van der Waals surface area contributed by atoms with Crippen molar-refractivity contribution in [1.82, 2.24) is 5.32 Å². The van der Waals surface area contributed by atoms with Gasteiger partial charge in [0.25, 0.3) is 0 Å². The summed E-state index contributed by atoms with van der Waals surface area (Å²) in [4.78, 5) is 11.5. The van der Waals surface area contributed by atoms with Crippen molar-refractivity contribution in [3.05, 3.63) is 35.4 Å². The third-order valence-electron chi connectivity index (χ3n) is 2.87. The van der Waals surface area contributed by atoms with Crippen LogP contribution in [0.5, 0.6) is 0 Å². The van der Waals surface area contributed by atoms with E-state index in [1.165, 1.54) is 18.2 Å². The first kappa shape index (κ1) is 14.6. The molecule has 1 atom stereocenters. The van der Waals surface area contributed by atoms with E-state index in [9.17, 15) is 13.6 Å². The summed E-state index contributed by atoms with van der Waals surface area (Å²) in [7, 11) is 1.55. The lowest BCUT2D eigenvalue weighted by molar-refractivity contribution is -0.144. The zero-order valence-electron chi connectivity index (χ0n) is 10.7. The van der Waals surface area contributed by atoms with Crippen LogP contribution in [0.25, 0.3) is 0 Å². The summed E-state index contributed by atoms with van der Waals surface area (Å²) >= 11 is 0. The molecule has 0 aromatic heterocycles. The minimum atomic E-state index is -1.14. The number of halogens is 2. The third-order valence-corrected chi connectivity index (χ3v) is 2.87. The van der Waals surface area contributed by atoms with Crippen LogP contribution in [0, 0.1) is 11.6 Å². The number of carbonyl (C=O) groups is 1. The lowest BCUT2D eigenvalue weighted by atomic mass is 9.88. The maximum Gasteiger partial charge on any atom is 0.307 e. The van der Waals surface area contributed by atoms with Crippen molar-refractivity contribution < 1.29 is 18.3 Å². The van der Waals surface area contributed by atoms with Crippen LogP contribution in [0.15, 0.2) is 18.2 Å². The Morgan fingerprint density at radius 3 is 2.39 bits per heavy atom. The second kappa shape index (κ2) is 5.91. The highest BCUT2D eigenvalue weighted by Crippen LogP contribution is 2.29. The van der Waals surface area contributed by atoms with E-state index in [0.717, 1.165) is 0 Å². The van der Waals surface area contributed by atoms with E-state index in [1.54, 1.807) is 20.9 Å². The van der Waals surface area contributed by atoms with Gasteiger partial charge in [0.05, 0.1) is 18.6 Å². The molecule has 18 heavy (non-hydrogen) atoms. The molecule has 0 radical (unpaired) electrons. The quantitative estimate of drug-likeness (QED) is 0.823. The molecule has 0 bridgehead atoms. The molecule has 3 nitrogen and oxygen atoms in total. The third kappa shape index (κ3) is 3.04. The highest BCUT2D eigenvalue weighted by Gasteiger charge is 2.33. The van der Waals surface area contributed by atoms with Crippen LogP contribution >= 0.6 is 0 Å². The van der Waals surface area contributed by atoms with Crippen LogP contribution < -0.4 is 5.32 Å². The number of ether oxygens (including phenoxy) is 1. The Bertz CT molecular complexity index is 417. The molecule has 5 heteroatoms. The van der Waals surface area contributed by atoms with Crippen molar-refractivity contribution in [2.45, 2.75) is 25.8 Å². The SMILES string of the molecule is CCOC(=O)CC(C)(NC)c1c(F)cccc1F. The van der Waals surface area contributed by atoms with Gasteiger partial charge in [-0.25, -0.2) is 8.78 Å². The van der Waals surface area contributed by atoms with E-state index >= 15 is 0 Å². The normalized spacial score (nSPS) is 14.1. The second-order valence-corrected chi connectivity index (χ2v) is 4.16. The number of esters is 1. The van der Waals surface area contributed by atoms with Gasteiger partial charge >= 0.3 is 5.97 Å². The van der Waals surface area contributed by atoms with Crippen molar-refractivity contribution >= 4 is 5.97 Å². The molecule has 0 amide bonds. The van der Waals surface area contributed by atoms with E-state index in [1.807, 2.05) is 0 Å². The van der Waals surface area contributed by atoms with Crippen molar-refractivity contribution in [1.29, 1.82) is 0 Å². The Morgan fingerprint density at radius 2 is 1.94 bits per heavy atom. The van der Waals surface area contributed by atoms with Crippen molar-refractivity contribution in [2.75, 3.05) is 13.7 Å². The fraction of sp³-hybridized carbons (Fsp3) is 0.462. The minimum Gasteiger partial charge on any atom is -0.466 e. The van der Waals surface area contributed by atoms with Gasteiger partial charge in [-0.1, -0.05) is 6.07 Å². The number of benzene rings is 1. The summed E-state index contributed by atoms with van der Waals surface area (Å²) in [6.45, 7) is 3.47. The van der Waals surface area contributed by atoms with Gasteiger partial charge in [0, 0.05) is 5.56 Å². The monoisotopic (exact) mass is 257 g/mol. The van der Waals surface area contributed by atoms with Gasteiger partial charge in [-0.2, -0.15) is 0 Å². The molecule has 1 aromatic rings. The van der Waals surface area contributed by atoms with Crippen LogP contribution in [-0.4, -0.2) is 19.6 Å². The summed E-state index contributed by atoms with van der Waals surface area (Å²) in [6, 6.07) is 3.62. The molecule has 1 aromatic carbocycles. The summed E-state index contributed by atoms with van der Waals surface area (Å²) < 4.78 is 32.3. The molecule has 0 saturated heterocycles. The van der Waals surface area contributed by atoms with E-state index in [0.29, 0.717) is 0 Å². The lowest BCUT2D eigenvalue weighted by Crippen LogP contribution is -2.41. The zero-order valence-corrected chi connectivity index (χ0v) is 10.7. The summed E-state index contributed by atoms with van der Waals surface area (Å²) in [6.07, 6.45) is -0.144. The Balaban J connectivity index is 3.11. The van der Waals surface area contributed by atoms with E-state index < -0.39 is 23.1 Å². The van der Waals surface area contributed by atoms with Gasteiger partial charge in [0.1, 0.15) is 11.6 Å². The highest BCUT2D eigenvalue weighted by molar-refractivity contribution is 5.71. The van der Waals surface area contributed by atoms with E-state index in [-0.39, 0.29) is 18.6 Å². The standard InChI is InChI=1S/C13H17F2NO2/c1-4-18-11(17)8-13(2,16-3)12-9(14)6-5-7-10(12)15/h5-7,16H,4,8H2,1-3H3. The van der Waals surface area contributed by atoms with Crippen LogP contribution in [0.4, 0.5) is 8.78 Å². The fourth-order valence-corrected chi connectivity index (χ4v) is 1.83. The molecule has 1 N–H and O–H groups in total. The fourth-order valence-electron chi connectivity index (χ4n) is 1.83. The molecule has 0 saturated carbocycles. The molecule has 0 spiro atoms. The van der Waals surface area contributed by atoms with Crippen molar-refractivity contribution in [3.8, 4) is 0 Å². The average molecular weight is 257 g/mol. The molecular weight excluding hydrogens is 240 g/mol. The predicted molar refractivity (Wildman–Crippen MR) is 64.0 cm³/mol. The van der Waals surface area contributed by atoms with Crippen molar-refractivity contribution in [3.63, 3.8) is 0 Å². The van der Waals surface area contributed by atoms with E-state index in [2.05, 4.69) is 5.32 Å². The Morgan fingerprint density at radius 1 is 1.39 bits per heavy atom. The molecule has 0 aliphatic carbocycles. The van der Waals surface area contributed by atoms with Gasteiger partial charge in [-0.15, -0.1) is 0 Å². The van der Waals surface area contributed by atoms with Crippen LogP contribution in [-0.2, 0) is 15.1 Å². The smallest absolute Gasteiger partial charge is 0.307 e. The Hall–Kier alpha value is -1.49. The molecule has 0 fully saturated rings. The molecule has 0 heterocycles. The summed E-state index contributed by atoms with van der Waals surface area (Å²) in [5, 5.41) is 2.78. The Labute approximate surface area is 105 Å². The maximum absolute atomic E-state index is 13.7. The van der Waals surface area contributed by atoms with Gasteiger partial charge in [0.15, 0.2) is 0 Å². The molecular formula is C13H17F2NO2. The van der Waals surface area contributed by atoms with Crippen LogP contribution in [0.1, 0.15) is 25.8 Å². The van der Waals surface area contributed by atoms with Gasteiger partial charge < -0.3 is 10.1 Å². The first-order valence-corrected chi connectivity index (χ1v) is 5.73. The zero-order chi connectivity index (χ0) is 13.8. The minimum absolute atomic E-state index is 0.144. The summed E-state index contributed by atoms with van der Waals surface area (Å²) in [5.41, 5.74) is -1.29. The molecule has 0 aliphatic heterocycles. The molecule has 100 valence electrons. The van der Waals surface area contributed by atoms with Crippen molar-refractivity contribution in [2.24, 2.45) is 0 Å². The van der Waals surface area contributed by atoms with Gasteiger partial charge in [-0.3, -0.25) is 4.79 Å². The number of rotatable bonds is 5. The topological polar surface area (TPSA) is 38.3 Å². The lowest BCUT2D eigenvalue weighted by Gasteiger charge is -2.29. The number of hydrogen-bond acceptors (Lipinski definition) is 3. The van der Waals surface area contributed by atoms with Gasteiger partial charge in [0.2, 0.25) is 0 Å². The van der Waals surface area contributed by atoms with Gasteiger partial charge in [-0.05, 0) is 33.0 Å². The van der Waals surface area contributed by atoms with E-state index in [4.69, 9.17) is 4.74 Å². The first-order chi connectivity index (χ1) is 8.44. The molecule has 1 rings (SSSR count). The predicted octanol–water partition coefficient (Wildman–Crippen LogP) is 2.35. The Kier molecular flexibility index (Phi) is 4.78. The number of carbonyl (C=O) groups excluding carboxylic acids is 1. The summed E-state index contributed by atoms with van der Waals surface area (Å²) in [5.74, 6) is -1.87.